The highest BCUT2D eigenvalue weighted by Gasteiger charge is 2.29. The van der Waals surface area contributed by atoms with Crippen molar-refractivity contribution in [2.24, 2.45) is 11.7 Å². The molecule has 1 aliphatic heterocycles. The van der Waals surface area contributed by atoms with E-state index in [0.29, 0.717) is 19.0 Å². The van der Waals surface area contributed by atoms with E-state index in [2.05, 4.69) is 6.92 Å². The van der Waals surface area contributed by atoms with Gasteiger partial charge in [-0.05, 0) is 33.1 Å². The van der Waals surface area contributed by atoms with Crippen molar-refractivity contribution in [2.45, 2.75) is 45.8 Å². The summed E-state index contributed by atoms with van der Waals surface area (Å²) < 4.78 is 5.31. The SMILES string of the molecule is C[C@H]1CN(C(=O)OC(C)(C)C)CC[C@@H]1N.Cl. The second-order valence-corrected chi connectivity index (χ2v) is 5.36. The lowest BCUT2D eigenvalue weighted by Crippen LogP contribution is -2.49. The minimum absolute atomic E-state index is 0. The fourth-order valence-electron chi connectivity index (χ4n) is 1.66. The molecule has 2 N–H and O–H groups in total. The van der Waals surface area contributed by atoms with Gasteiger partial charge in [-0.1, -0.05) is 6.92 Å². The van der Waals surface area contributed by atoms with Crippen LogP contribution in [-0.2, 0) is 4.74 Å². The molecule has 96 valence electrons. The first kappa shape index (κ1) is 15.5. The first-order valence-electron chi connectivity index (χ1n) is 5.53. The lowest BCUT2D eigenvalue weighted by Gasteiger charge is -2.35. The van der Waals surface area contributed by atoms with Gasteiger partial charge in [0.05, 0.1) is 0 Å². The molecule has 0 unspecified atom stereocenters. The standard InChI is InChI=1S/C11H22N2O2.ClH/c1-8-7-13(6-5-9(8)12)10(14)15-11(2,3)4;/h8-9H,5-7,12H2,1-4H3;1H/t8-,9-;/m0./s1. The lowest BCUT2D eigenvalue weighted by molar-refractivity contribution is 0.0158. The van der Waals surface area contributed by atoms with Crippen molar-refractivity contribution in [3.63, 3.8) is 0 Å². The van der Waals surface area contributed by atoms with Crippen LogP contribution < -0.4 is 5.73 Å². The number of nitrogens with two attached hydrogens (primary N) is 1. The van der Waals surface area contributed by atoms with Gasteiger partial charge >= 0.3 is 6.09 Å². The Balaban J connectivity index is 0.00000225. The molecule has 1 saturated heterocycles. The van der Waals surface area contributed by atoms with Crippen molar-refractivity contribution in [3.8, 4) is 0 Å². The number of hydrogen-bond acceptors (Lipinski definition) is 3. The van der Waals surface area contributed by atoms with Crippen molar-refractivity contribution in [3.05, 3.63) is 0 Å². The quantitative estimate of drug-likeness (QED) is 0.716. The predicted octanol–water partition coefficient (Wildman–Crippen LogP) is 2.01. The maximum absolute atomic E-state index is 11.7. The molecule has 1 fully saturated rings. The lowest BCUT2D eigenvalue weighted by atomic mass is 9.95. The number of amides is 1. The highest BCUT2D eigenvalue weighted by molar-refractivity contribution is 5.85. The smallest absolute Gasteiger partial charge is 0.410 e. The van der Waals surface area contributed by atoms with Crippen molar-refractivity contribution in [1.82, 2.24) is 4.90 Å². The number of halogens is 1. The number of piperidine rings is 1. The van der Waals surface area contributed by atoms with Crippen molar-refractivity contribution >= 4 is 18.5 Å². The van der Waals surface area contributed by atoms with E-state index in [-0.39, 0.29) is 24.5 Å². The Labute approximate surface area is 104 Å². The minimum Gasteiger partial charge on any atom is -0.444 e. The monoisotopic (exact) mass is 250 g/mol. The molecule has 0 saturated carbocycles. The number of carbonyl (C=O) groups is 1. The van der Waals surface area contributed by atoms with Crippen molar-refractivity contribution in [1.29, 1.82) is 0 Å². The number of ether oxygens (including phenoxy) is 1. The molecule has 0 aromatic rings. The van der Waals surface area contributed by atoms with Crippen LogP contribution in [0.3, 0.4) is 0 Å². The summed E-state index contributed by atoms with van der Waals surface area (Å²) in [6.45, 7) is 9.12. The third-order valence-electron chi connectivity index (χ3n) is 2.62. The van der Waals surface area contributed by atoms with Gasteiger partial charge in [0.25, 0.3) is 0 Å². The van der Waals surface area contributed by atoms with Gasteiger partial charge in [0.1, 0.15) is 5.60 Å². The van der Waals surface area contributed by atoms with Crippen LogP contribution in [0.4, 0.5) is 4.79 Å². The Bertz CT molecular complexity index is 241. The zero-order chi connectivity index (χ0) is 11.6. The topological polar surface area (TPSA) is 55.6 Å². The highest BCUT2D eigenvalue weighted by Crippen LogP contribution is 2.17. The summed E-state index contributed by atoms with van der Waals surface area (Å²) in [5.74, 6) is 0.353. The Morgan fingerprint density at radius 1 is 1.44 bits per heavy atom. The first-order valence-corrected chi connectivity index (χ1v) is 5.53. The van der Waals surface area contributed by atoms with Crippen molar-refractivity contribution in [2.75, 3.05) is 13.1 Å². The van der Waals surface area contributed by atoms with Gasteiger partial charge in [0, 0.05) is 19.1 Å². The zero-order valence-electron chi connectivity index (χ0n) is 10.5. The maximum Gasteiger partial charge on any atom is 0.410 e. The molecule has 0 aromatic heterocycles. The third-order valence-corrected chi connectivity index (χ3v) is 2.62. The van der Waals surface area contributed by atoms with Gasteiger partial charge in [-0.3, -0.25) is 0 Å². The van der Waals surface area contributed by atoms with Gasteiger partial charge in [0.15, 0.2) is 0 Å². The summed E-state index contributed by atoms with van der Waals surface area (Å²) in [6.07, 6.45) is 0.640. The van der Waals surface area contributed by atoms with Crippen molar-refractivity contribution < 1.29 is 9.53 Å². The molecular formula is C11H23ClN2O2. The first-order chi connectivity index (χ1) is 6.79. The van der Waals surface area contributed by atoms with Crippen LogP contribution in [0, 0.1) is 5.92 Å². The Kier molecular flexibility index (Phi) is 5.56. The summed E-state index contributed by atoms with van der Waals surface area (Å²) in [6, 6.07) is 0.212. The Morgan fingerprint density at radius 2 is 2.00 bits per heavy atom. The zero-order valence-corrected chi connectivity index (χ0v) is 11.3. The van der Waals surface area contributed by atoms with Gasteiger partial charge in [-0.2, -0.15) is 0 Å². The van der Waals surface area contributed by atoms with E-state index >= 15 is 0 Å². The molecule has 4 nitrogen and oxygen atoms in total. The number of nitrogens with zero attached hydrogens (tertiary/aromatic N) is 1. The van der Waals surface area contributed by atoms with Gasteiger partial charge in [0.2, 0.25) is 0 Å². The van der Waals surface area contributed by atoms with Crippen LogP contribution in [0.15, 0.2) is 0 Å². The molecule has 1 aliphatic rings. The molecule has 0 spiro atoms. The maximum atomic E-state index is 11.7. The van der Waals surface area contributed by atoms with E-state index in [1.54, 1.807) is 4.90 Å². The number of carbonyl (C=O) groups excluding carboxylic acids is 1. The number of hydrogen-bond donors (Lipinski definition) is 1. The molecule has 0 radical (unpaired) electrons. The van der Waals surface area contributed by atoms with Crippen LogP contribution in [0.25, 0.3) is 0 Å². The fourth-order valence-corrected chi connectivity index (χ4v) is 1.66. The number of rotatable bonds is 0. The highest BCUT2D eigenvalue weighted by atomic mass is 35.5. The summed E-state index contributed by atoms with van der Waals surface area (Å²) >= 11 is 0. The van der Waals surface area contributed by atoms with E-state index in [4.69, 9.17) is 10.5 Å². The molecule has 1 amide bonds. The summed E-state index contributed by atoms with van der Waals surface area (Å²) in [4.78, 5) is 13.5. The van der Waals surface area contributed by atoms with E-state index < -0.39 is 5.60 Å². The molecule has 0 aliphatic carbocycles. The van der Waals surface area contributed by atoms with E-state index in [1.165, 1.54) is 0 Å². The van der Waals surface area contributed by atoms with Crippen LogP contribution in [0.5, 0.6) is 0 Å². The van der Waals surface area contributed by atoms with E-state index in [0.717, 1.165) is 6.42 Å². The average molecular weight is 251 g/mol. The fraction of sp³-hybridized carbons (Fsp3) is 0.909. The van der Waals surface area contributed by atoms with Crippen LogP contribution in [0.2, 0.25) is 0 Å². The molecule has 0 aromatic carbocycles. The summed E-state index contributed by atoms with van der Waals surface area (Å²) in [5, 5.41) is 0. The van der Waals surface area contributed by atoms with Crippen LogP contribution >= 0.6 is 12.4 Å². The van der Waals surface area contributed by atoms with Gasteiger partial charge in [-0.15, -0.1) is 12.4 Å². The van der Waals surface area contributed by atoms with Crippen LogP contribution in [0.1, 0.15) is 34.1 Å². The molecule has 0 bridgehead atoms. The largest absolute Gasteiger partial charge is 0.444 e. The normalized spacial score (nSPS) is 25.9. The van der Waals surface area contributed by atoms with Crippen LogP contribution in [-0.4, -0.2) is 35.7 Å². The second-order valence-electron chi connectivity index (χ2n) is 5.36. The molecule has 16 heavy (non-hydrogen) atoms. The third kappa shape index (κ3) is 4.58. The average Bonchev–Trinajstić information content (AvgIpc) is 2.06. The van der Waals surface area contributed by atoms with Gasteiger partial charge in [-0.25, -0.2) is 4.79 Å². The molecule has 1 heterocycles. The predicted molar refractivity (Wildman–Crippen MR) is 66.8 cm³/mol. The molecule has 5 heteroatoms. The molecule has 2 atom stereocenters. The van der Waals surface area contributed by atoms with E-state index in [1.807, 2.05) is 20.8 Å². The molecular weight excluding hydrogens is 228 g/mol. The van der Waals surface area contributed by atoms with E-state index in [9.17, 15) is 4.79 Å². The summed E-state index contributed by atoms with van der Waals surface area (Å²) in [5.41, 5.74) is 5.47. The molecule has 1 rings (SSSR count). The number of likely N-dealkylation sites (tertiary alicyclic amines) is 1. The minimum atomic E-state index is -0.417. The Morgan fingerprint density at radius 3 is 2.44 bits per heavy atom. The summed E-state index contributed by atoms with van der Waals surface area (Å²) in [7, 11) is 0. The Hall–Kier alpha value is -0.480. The second kappa shape index (κ2) is 5.73. The van der Waals surface area contributed by atoms with Gasteiger partial charge < -0.3 is 15.4 Å².